The molecule has 0 aromatic heterocycles. The van der Waals surface area contributed by atoms with Crippen molar-refractivity contribution in [3.63, 3.8) is 0 Å². The van der Waals surface area contributed by atoms with Crippen molar-refractivity contribution >= 4 is 21.8 Å². The maximum Gasteiger partial charge on any atom is 0.263 e. The molecule has 0 radical (unpaired) electrons. The van der Waals surface area contributed by atoms with E-state index in [-0.39, 0.29) is 5.91 Å². The fourth-order valence-electron chi connectivity index (χ4n) is 4.83. The molecule has 4 rings (SSSR count). The van der Waals surface area contributed by atoms with Crippen LogP contribution in [0.5, 0.6) is 0 Å². The summed E-state index contributed by atoms with van der Waals surface area (Å²) >= 11 is 0. The SMILES string of the molecule is O=C(CCCCCN=C1NS(=O)(=O)c2ccccc21)N1CCC(CCN2CCOCC2)CC1. The van der Waals surface area contributed by atoms with E-state index in [1.165, 1.54) is 6.42 Å². The molecule has 0 saturated carbocycles. The molecule has 0 atom stereocenters. The summed E-state index contributed by atoms with van der Waals surface area (Å²) in [5.74, 6) is 1.43. The summed E-state index contributed by atoms with van der Waals surface area (Å²) in [6.45, 7) is 7.29. The molecule has 0 bridgehead atoms. The minimum absolute atomic E-state index is 0.269. The number of piperidine rings is 1. The van der Waals surface area contributed by atoms with E-state index in [0.717, 1.165) is 84.0 Å². The summed E-state index contributed by atoms with van der Waals surface area (Å²) in [4.78, 5) is 21.8. The maximum atomic E-state index is 12.6. The van der Waals surface area contributed by atoms with Crippen molar-refractivity contribution in [1.29, 1.82) is 0 Å². The molecule has 0 aliphatic carbocycles. The van der Waals surface area contributed by atoms with E-state index < -0.39 is 10.0 Å². The van der Waals surface area contributed by atoms with Gasteiger partial charge in [0.15, 0.2) is 0 Å². The molecule has 0 spiro atoms. The quantitative estimate of drug-likeness (QED) is 0.552. The Bertz CT molecular complexity index is 936. The van der Waals surface area contributed by atoms with E-state index in [1.807, 2.05) is 11.0 Å². The number of hydrogen-bond donors (Lipinski definition) is 1. The molecule has 3 aliphatic heterocycles. The predicted molar refractivity (Wildman–Crippen MR) is 128 cm³/mol. The van der Waals surface area contributed by atoms with Gasteiger partial charge in [-0.05, 0) is 56.7 Å². The second kappa shape index (κ2) is 11.4. The lowest BCUT2D eigenvalue weighted by molar-refractivity contribution is -0.132. The predicted octanol–water partition coefficient (Wildman–Crippen LogP) is 2.25. The fourth-order valence-corrected chi connectivity index (χ4v) is 6.08. The van der Waals surface area contributed by atoms with Crippen LogP contribution in [0.1, 0.15) is 50.5 Å². The van der Waals surface area contributed by atoms with Crippen LogP contribution in [0.25, 0.3) is 0 Å². The molecule has 0 unspecified atom stereocenters. The Morgan fingerprint density at radius 3 is 2.61 bits per heavy atom. The summed E-state index contributed by atoms with van der Waals surface area (Å²) in [6, 6.07) is 6.90. The molecule has 2 fully saturated rings. The van der Waals surface area contributed by atoms with Gasteiger partial charge in [-0.3, -0.25) is 19.4 Å². The molecule has 182 valence electrons. The molecular formula is C24H36N4O4S. The largest absolute Gasteiger partial charge is 0.379 e. The van der Waals surface area contributed by atoms with Crippen molar-refractivity contribution in [2.45, 2.75) is 49.8 Å². The standard InChI is InChI=1S/C24H36N4O4S/c29-23(28-14-10-20(11-15-28)9-13-27-16-18-32-19-17-27)8-2-1-5-12-25-24-21-6-3-4-7-22(21)33(30,31)26-24/h3-4,6-7,20H,1-2,5,8-19H2,(H,25,26). The van der Waals surface area contributed by atoms with Crippen molar-refractivity contribution in [2.75, 3.05) is 52.5 Å². The Kier molecular flexibility index (Phi) is 8.38. The topological polar surface area (TPSA) is 91.3 Å². The number of morpholine rings is 1. The number of unbranched alkanes of at least 4 members (excludes halogenated alkanes) is 2. The van der Waals surface area contributed by atoms with Crippen LogP contribution in [0.15, 0.2) is 34.2 Å². The second-order valence-corrected chi connectivity index (χ2v) is 10.9. The van der Waals surface area contributed by atoms with E-state index >= 15 is 0 Å². The lowest BCUT2D eigenvalue weighted by Gasteiger charge is -2.34. The minimum Gasteiger partial charge on any atom is -0.379 e. The number of amidine groups is 1. The summed E-state index contributed by atoms with van der Waals surface area (Å²) in [5.41, 5.74) is 0.640. The number of nitrogens with zero attached hydrogens (tertiary/aromatic N) is 3. The van der Waals surface area contributed by atoms with E-state index in [0.29, 0.717) is 29.3 Å². The number of ether oxygens (including phenoxy) is 1. The van der Waals surface area contributed by atoms with Gasteiger partial charge >= 0.3 is 0 Å². The first-order valence-electron chi connectivity index (χ1n) is 12.3. The highest BCUT2D eigenvalue weighted by atomic mass is 32.2. The third-order valence-corrected chi connectivity index (χ3v) is 8.30. The van der Waals surface area contributed by atoms with Crippen LogP contribution in [0.2, 0.25) is 0 Å². The van der Waals surface area contributed by atoms with Gasteiger partial charge in [-0.15, -0.1) is 0 Å². The third-order valence-electron chi connectivity index (χ3n) is 6.91. The van der Waals surface area contributed by atoms with Gasteiger partial charge in [0.25, 0.3) is 10.0 Å². The highest BCUT2D eigenvalue weighted by molar-refractivity contribution is 7.90. The first-order chi connectivity index (χ1) is 16.0. The molecule has 1 amide bonds. The monoisotopic (exact) mass is 476 g/mol. The second-order valence-electron chi connectivity index (χ2n) is 9.21. The number of carbonyl (C=O) groups is 1. The number of likely N-dealkylation sites (tertiary alicyclic amines) is 1. The number of benzene rings is 1. The van der Waals surface area contributed by atoms with Crippen molar-refractivity contribution in [3.8, 4) is 0 Å². The van der Waals surface area contributed by atoms with Crippen LogP contribution in [0, 0.1) is 5.92 Å². The van der Waals surface area contributed by atoms with Gasteiger partial charge in [-0.25, -0.2) is 8.42 Å². The first kappa shape index (κ1) is 24.2. The van der Waals surface area contributed by atoms with E-state index in [1.54, 1.807) is 18.2 Å². The Hall–Kier alpha value is -1.97. The van der Waals surface area contributed by atoms with Crippen LogP contribution in [-0.2, 0) is 19.6 Å². The average Bonchev–Trinajstić information content (AvgIpc) is 3.11. The maximum absolute atomic E-state index is 12.6. The minimum atomic E-state index is -3.48. The molecule has 3 aliphatic rings. The van der Waals surface area contributed by atoms with Gasteiger partial charge in [-0.1, -0.05) is 18.6 Å². The normalized spacial score (nSPS) is 22.3. The van der Waals surface area contributed by atoms with Crippen LogP contribution in [0.4, 0.5) is 0 Å². The third kappa shape index (κ3) is 6.55. The van der Waals surface area contributed by atoms with Crippen molar-refractivity contribution in [2.24, 2.45) is 10.9 Å². The lowest BCUT2D eigenvalue weighted by Crippen LogP contribution is -2.40. The van der Waals surface area contributed by atoms with E-state index in [2.05, 4.69) is 14.6 Å². The highest BCUT2D eigenvalue weighted by Crippen LogP contribution is 2.23. The van der Waals surface area contributed by atoms with Gasteiger partial charge in [0, 0.05) is 44.7 Å². The van der Waals surface area contributed by atoms with Gasteiger partial charge < -0.3 is 9.64 Å². The number of hydrogen-bond acceptors (Lipinski definition) is 6. The van der Waals surface area contributed by atoms with Gasteiger partial charge in [0.2, 0.25) is 5.91 Å². The molecule has 1 aromatic carbocycles. The summed E-state index contributed by atoms with van der Waals surface area (Å²) < 4.78 is 32.2. The number of sulfonamides is 1. The molecule has 33 heavy (non-hydrogen) atoms. The zero-order valence-corrected chi connectivity index (χ0v) is 20.2. The van der Waals surface area contributed by atoms with Gasteiger partial charge in [-0.2, -0.15) is 0 Å². The number of amides is 1. The summed E-state index contributed by atoms with van der Waals surface area (Å²) in [7, 11) is -3.48. The van der Waals surface area contributed by atoms with Crippen LogP contribution in [0.3, 0.4) is 0 Å². The fraction of sp³-hybridized carbons (Fsp3) is 0.667. The van der Waals surface area contributed by atoms with Crippen molar-refractivity contribution in [3.05, 3.63) is 29.8 Å². The van der Waals surface area contributed by atoms with E-state index in [4.69, 9.17) is 4.74 Å². The number of fused-ring (bicyclic) bond motifs is 1. The Labute approximate surface area is 197 Å². The molecule has 2 saturated heterocycles. The van der Waals surface area contributed by atoms with Crippen LogP contribution in [-0.4, -0.2) is 82.4 Å². The Balaban J connectivity index is 1.09. The van der Waals surface area contributed by atoms with Crippen molar-refractivity contribution < 1.29 is 17.9 Å². The van der Waals surface area contributed by atoms with Crippen LogP contribution >= 0.6 is 0 Å². The molecule has 3 heterocycles. The van der Waals surface area contributed by atoms with Crippen LogP contribution < -0.4 is 4.72 Å². The van der Waals surface area contributed by atoms with E-state index in [9.17, 15) is 13.2 Å². The smallest absolute Gasteiger partial charge is 0.263 e. The number of carbonyl (C=O) groups excluding carboxylic acids is 1. The van der Waals surface area contributed by atoms with Crippen molar-refractivity contribution in [1.82, 2.24) is 14.5 Å². The number of aliphatic imine (C=N–C) groups is 1. The molecule has 1 N–H and O–H groups in total. The van der Waals surface area contributed by atoms with Gasteiger partial charge in [0.1, 0.15) is 5.84 Å². The zero-order valence-electron chi connectivity index (χ0n) is 19.4. The number of rotatable bonds is 9. The highest BCUT2D eigenvalue weighted by Gasteiger charge is 2.30. The lowest BCUT2D eigenvalue weighted by atomic mass is 9.93. The zero-order chi connectivity index (χ0) is 23.1. The Morgan fingerprint density at radius 1 is 1.06 bits per heavy atom. The van der Waals surface area contributed by atoms with Gasteiger partial charge in [0.05, 0.1) is 18.1 Å². The molecule has 8 nitrogen and oxygen atoms in total. The molecular weight excluding hydrogens is 440 g/mol. The summed E-state index contributed by atoms with van der Waals surface area (Å²) in [5, 5.41) is 0. The Morgan fingerprint density at radius 2 is 1.82 bits per heavy atom. The summed E-state index contributed by atoms with van der Waals surface area (Å²) in [6.07, 6.45) is 6.64. The average molecular weight is 477 g/mol. The molecule has 9 heteroatoms. The first-order valence-corrected chi connectivity index (χ1v) is 13.8. The molecule has 1 aromatic rings. The number of nitrogens with one attached hydrogen (secondary N) is 1.